The molecular weight excluding hydrogens is 264 g/mol. The van der Waals surface area contributed by atoms with Crippen LogP contribution < -0.4 is 9.47 Å². The van der Waals surface area contributed by atoms with Gasteiger partial charge in [0.2, 0.25) is 0 Å². The molecule has 0 atom stereocenters. The number of methoxy groups -OCH3 is 1. The SMILES string of the molecule is COc1cc(C)nc(COc2cnc3ccccc3c2)c1. The monoisotopic (exact) mass is 280 g/mol. The van der Waals surface area contributed by atoms with Crippen LogP contribution in [0.25, 0.3) is 10.9 Å². The van der Waals surface area contributed by atoms with Crippen LogP contribution in [0.5, 0.6) is 11.5 Å². The molecule has 3 aromatic rings. The molecule has 4 heteroatoms. The predicted octanol–water partition coefficient (Wildman–Crippen LogP) is 3.53. The summed E-state index contributed by atoms with van der Waals surface area (Å²) < 4.78 is 11.0. The van der Waals surface area contributed by atoms with Crippen molar-refractivity contribution >= 4 is 10.9 Å². The summed E-state index contributed by atoms with van der Waals surface area (Å²) in [5.74, 6) is 1.52. The quantitative estimate of drug-likeness (QED) is 0.733. The first kappa shape index (κ1) is 13.4. The Bertz CT molecular complexity index is 772. The Labute approximate surface area is 123 Å². The third-order valence-corrected chi connectivity index (χ3v) is 3.17. The first-order valence-electron chi connectivity index (χ1n) is 6.74. The summed E-state index contributed by atoms with van der Waals surface area (Å²) in [6, 6.07) is 13.7. The highest BCUT2D eigenvalue weighted by molar-refractivity contribution is 5.79. The van der Waals surface area contributed by atoms with Crippen molar-refractivity contribution in [1.82, 2.24) is 9.97 Å². The van der Waals surface area contributed by atoms with Crippen LogP contribution in [0.4, 0.5) is 0 Å². The van der Waals surface area contributed by atoms with Crippen LogP contribution in [0.3, 0.4) is 0 Å². The molecule has 0 unspecified atom stereocenters. The summed E-state index contributed by atoms with van der Waals surface area (Å²) >= 11 is 0. The van der Waals surface area contributed by atoms with Crippen LogP contribution in [0.15, 0.2) is 48.7 Å². The van der Waals surface area contributed by atoms with Crippen LogP contribution in [0.1, 0.15) is 11.4 Å². The Kier molecular flexibility index (Phi) is 3.69. The fourth-order valence-corrected chi connectivity index (χ4v) is 2.18. The fraction of sp³-hybridized carbons (Fsp3) is 0.176. The van der Waals surface area contributed by atoms with Gasteiger partial charge in [-0.3, -0.25) is 9.97 Å². The molecule has 0 radical (unpaired) electrons. The number of para-hydroxylation sites is 1. The molecule has 21 heavy (non-hydrogen) atoms. The first-order chi connectivity index (χ1) is 10.2. The third kappa shape index (κ3) is 3.11. The van der Waals surface area contributed by atoms with Gasteiger partial charge in [-0.2, -0.15) is 0 Å². The zero-order valence-electron chi connectivity index (χ0n) is 12.0. The number of ether oxygens (including phenoxy) is 2. The molecular formula is C17H16N2O2. The predicted molar refractivity (Wildman–Crippen MR) is 81.6 cm³/mol. The number of aryl methyl sites for hydroxylation is 1. The Morgan fingerprint density at radius 3 is 2.76 bits per heavy atom. The number of rotatable bonds is 4. The van der Waals surface area contributed by atoms with Crippen molar-refractivity contribution in [2.24, 2.45) is 0 Å². The van der Waals surface area contributed by atoms with Crippen molar-refractivity contribution in [3.63, 3.8) is 0 Å². The van der Waals surface area contributed by atoms with Crippen molar-refractivity contribution in [2.75, 3.05) is 7.11 Å². The number of pyridine rings is 2. The summed E-state index contributed by atoms with van der Waals surface area (Å²) in [5, 5.41) is 1.06. The van der Waals surface area contributed by atoms with E-state index >= 15 is 0 Å². The van der Waals surface area contributed by atoms with Gasteiger partial charge in [-0.1, -0.05) is 18.2 Å². The van der Waals surface area contributed by atoms with E-state index in [0.29, 0.717) is 6.61 Å². The summed E-state index contributed by atoms with van der Waals surface area (Å²) in [5.41, 5.74) is 2.70. The maximum Gasteiger partial charge on any atom is 0.138 e. The van der Waals surface area contributed by atoms with Gasteiger partial charge in [-0.25, -0.2) is 0 Å². The van der Waals surface area contributed by atoms with E-state index in [9.17, 15) is 0 Å². The maximum absolute atomic E-state index is 5.77. The topological polar surface area (TPSA) is 44.2 Å². The molecule has 0 N–H and O–H groups in total. The fourth-order valence-electron chi connectivity index (χ4n) is 2.18. The molecule has 0 saturated carbocycles. The van der Waals surface area contributed by atoms with Crippen LogP contribution in [0, 0.1) is 6.92 Å². The lowest BCUT2D eigenvalue weighted by Crippen LogP contribution is -2.00. The number of hydrogen-bond acceptors (Lipinski definition) is 4. The Morgan fingerprint density at radius 1 is 1.05 bits per heavy atom. The lowest BCUT2D eigenvalue weighted by atomic mass is 10.2. The molecule has 0 amide bonds. The minimum atomic E-state index is 0.387. The van der Waals surface area contributed by atoms with Crippen molar-refractivity contribution in [3.05, 3.63) is 60.0 Å². The van der Waals surface area contributed by atoms with Gasteiger partial charge in [-0.05, 0) is 19.1 Å². The molecule has 0 spiro atoms. The molecule has 2 heterocycles. The molecule has 0 fully saturated rings. The van der Waals surface area contributed by atoms with Crippen LogP contribution >= 0.6 is 0 Å². The lowest BCUT2D eigenvalue weighted by molar-refractivity contribution is 0.299. The van der Waals surface area contributed by atoms with Gasteiger partial charge in [-0.15, -0.1) is 0 Å². The average Bonchev–Trinajstić information content (AvgIpc) is 2.52. The van der Waals surface area contributed by atoms with Crippen LogP contribution in [-0.4, -0.2) is 17.1 Å². The van der Waals surface area contributed by atoms with E-state index in [-0.39, 0.29) is 0 Å². The highest BCUT2D eigenvalue weighted by Crippen LogP contribution is 2.20. The van der Waals surface area contributed by atoms with Gasteiger partial charge < -0.3 is 9.47 Å². The average molecular weight is 280 g/mol. The van der Waals surface area contributed by atoms with E-state index in [1.165, 1.54) is 0 Å². The smallest absolute Gasteiger partial charge is 0.138 e. The van der Waals surface area contributed by atoms with E-state index < -0.39 is 0 Å². The normalized spacial score (nSPS) is 10.6. The van der Waals surface area contributed by atoms with E-state index in [1.807, 2.05) is 49.4 Å². The molecule has 2 aromatic heterocycles. The number of fused-ring (bicyclic) bond motifs is 1. The molecule has 4 nitrogen and oxygen atoms in total. The number of hydrogen-bond donors (Lipinski definition) is 0. The second kappa shape index (κ2) is 5.79. The minimum absolute atomic E-state index is 0.387. The zero-order chi connectivity index (χ0) is 14.7. The summed E-state index contributed by atoms with van der Waals surface area (Å²) in [6.07, 6.45) is 1.73. The molecule has 106 valence electrons. The first-order valence-corrected chi connectivity index (χ1v) is 6.74. The maximum atomic E-state index is 5.77. The minimum Gasteiger partial charge on any atom is -0.497 e. The second-order valence-electron chi connectivity index (χ2n) is 4.79. The number of benzene rings is 1. The summed E-state index contributed by atoms with van der Waals surface area (Å²) in [6.45, 7) is 2.32. The lowest BCUT2D eigenvalue weighted by Gasteiger charge is -2.08. The Morgan fingerprint density at radius 2 is 1.90 bits per heavy atom. The van der Waals surface area contributed by atoms with Gasteiger partial charge in [0.05, 0.1) is 24.5 Å². The van der Waals surface area contributed by atoms with Crippen LogP contribution in [0.2, 0.25) is 0 Å². The molecule has 3 rings (SSSR count). The highest BCUT2D eigenvalue weighted by Gasteiger charge is 2.03. The van der Waals surface area contributed by atoms with E-state index in [1.54, 1.807) is 13.3 Å². The van der Waals surface area contributed by atoms with Gasteiger partial charge in [0.25, 0.3) is 0 Å². The summed E-state index contributed by atoms with van der Waals surface area (Å²) in [4.78, 5) is 8.81. The third-order valence-electron chi connectivity index (χ3n) is 3.17. The second-order valence-corrected chi connectivity index (χ2v) is 4.79. The van der Waals surface area contributed by atoms with Crippen molar-refractivity contribution in [2.45, 2.75) is 13.5 Å². The van der Waals surface area contributed by atoms with Crippen molar-refractivity contribution < 1.29 is 9.47 Å². The van der Waals surface area contributed by atoms with Crippen LogP contribution in [-0.2, 0) is 6.61 Å². The van der Waals surface area contributed by atoms with E-state index in [2.05, 4.69) is 9.97 Å². The van der Waals surface area contributed by atoms with E-state index in [4.69, 9.17) is 9.47 Å². The molecule has 0 aliphatic heterocycles. The van der Waals surface area contributed by atoms with Gasteiger partial charge in [0.15, 0.2) is 0 Å². The molecule has 0 aliphatic rings. The van der Waals surface area contributed by atoms with Gasteiger partial charge >= 0.3 is 0 Å². The standard InChI is InChI=1S/C17H16N2O2/c1-12-7-15(20-2)9-14(19-12)11-21-16-8-13-5-3-4-6-17(13)18-10-16/h3-10H,11H2,1-2H3. The zero-order valence-corrected chi connectivity index (χ0v) is 12.0. The number of nitrogens with zero attached hydrogens (tertiary/aromatic N) is 2. The summed E-state index contributed by atoms with van der Waals surface area (Å²) in [7, 11) is 1.65. The Hall–Kier alpha value is -2.62. The molecule has 0 saturated heterocycles. The van der Waals surface area contributed by atoms with Gasteiger partial charge in [0.1, 0.15) is 18.1 Å². The molecule has 1 aromatic carbocycles. The van der Waals surface area contributed by atoms with Gasteiger partial charge in [0, 0.05) is 23.2 Å². The molecule has 0 aliphatic carbocycles. The highest BCUT2D eigenvalue weighted by atomic mass is 16.5. The molecule has 0 bridgehead atoms. The Balaban J connectivity index is 1.78. The largest absolute Gasteiger partial charge is 0.497 e. The van der Waals surface area contributed by atoms with E-state index in [0.717, 1.165) is 33.8 Å². The van der Waals surface area contributed by atoms with Crippen molar-refractivity contribution in [1.29, 1.82) is 0 Å². The number of aromatic nitrogens is 2. The van der Waals surface area contributed by atoms with Crippen molar-refractivity contribution in [3.8, 4) is 11.5 Å².